The smallest absolute Gasteiger partial charge is 0.227 e. The first-order valence-electron chi connectivity index (χ1n) is 8.70. The molecule has 1 aromatic heterocycles. The second-order valence-electron chi connectivity index (χ2n) is 7.13. The summed E-state index contributed by atoms with van der Waals surface area (Å²) in [4.78, 5) is 15.1. The maximum Gasteiger partial charge on any atom is 0.227 e. The van der Waals surface area contributed by atoms with Crippen LogP contribution in [0, 0.1) is 5.41 Å². The SMILES string of the molecule is Cn1cc(CN2CCC3(CC2)C(=O)NCC3c2ccccc2)cn1. The zero-order chi connectivity index (χ0) is 16.6. The lowest BCUT2D eigenvalue weighted by molar-refractivity contribution is -0.130. The third-order valence-corrected chi connectivity index (χ3v) is 5.70. The molecule has 2 aliphatic rings. The van der Waals surface area contributed by atoms with Gasteiger partial charge < -0.3 is 5.32 Å². The van der Waals surface area contributed by atoms with E-state index in [1.807, 2.05) is 24.0 Å². The summed E-state index contributed by atoms with van der Waals surface area (Å²) in [6.07, 6.45) is 5.86. The van der Waals surface area contributed by atoms with Crippen LogP contribution in [0.3, 0.4) is 0 Å². The van der Waals surface area contributed by atoms with Crippen LogP contribution in [0.2, 0.25) is 0 Å². The van der Waals surface area contributed by atoms with Crippen LogP contribution < -0.4 is 5.32 Å². The number of amides is 1. The van der Waals surface area contributed by atoms with E-state index in [2.05, 4.69) is 45.8 Å². The number of aromatic nitrogens is 2. The molecule has 2 saturated heterocycles. The Morgan fingerprint density at radius 1 is 1.25 bits per heavy atom. The van der Waals surface area contributed by atoms with Crippen molar-refractivity contribution in [3.05, 3.63) is 53.9 Å². The predicted octanol–water partition coefficient (Wildman–Crippen LogP) is 1.92. The molecule has 5 heteroatoms. The summed E-state index contributed by atoms with van der Waals surface area (Å²) < 4.78 is 1.84. The van der Waals surface area contributed by atoms with Crippen molar-refractivity contribution in [3.8, 4) is 0 Å². The Kier molecular flexibility index (Phi) is 3.88. The molecule has 1 N–H and O–H groups in total. The molecule has 2 fully saturated rings. The fourth-order valence-electron chi connectivity index (χ4n) is 4.34. The number of piperidine rings is 1. The number of hydrogen-bond acceptors (Lipinski definition) is 3. The van der Waals surface area contributed by atoms with E-state index >= 15 is 0 Å². The summed E-state index contributed by atoms with van der Waals surface area (Å²) in [6, 6.07) is 10.5. The van der Waals surface area contributed by atoms with Gasteiger partial charge in [0.15, 0.2) is 0 Å². The van der Waals surface area contributed by atoms with Crippen molar-refractivity contribution in [2.45, 2.75) is 25.3 Å². The number of rotatable bonds is 3. The number of carbonyl (C=O) groups excluding carboxylic acids is 1. The summed E-state index contributed by atoms with van der Waals surface area (Å²) in [6.45, 7) is 3.62. The lowest BCUT2D eigenvalue weighted by atomic mass is 9.68. The monoisotopic (exact) mass is 324 g/mol. The Balaban J connectivity index is 1.48. The van der Waals surface area contributed by atoms with E-state index in [1.54, 1.807) is 0 Å². The number of nitrogens with one attached hydrogen (secondary N) is 1. The van der Waals surface area contributed by atoms with Crippen molar-refractivity contribution >= 4 is 5.91 Å². The Hall–Kier alpha value is -2.14. The van der Waals surface area contributed by atoms with Crippen LogP contribution in [0.25, 0.3) is 0 Å². The number of carbonyl (C=O) groups is 1. The van der Waals surface area contributed by atoms with Crippen LogP contribution in [0.4, 0.5) is 0 Å². The molecular formula is C19H24N4O. The van der Waals surface area contributed by atoms with Gasteiger partial charge in [0.05, 0.1) is 11.6 Å². The second kappa shape index (κ2) is 6.06. The van der Waals surface area contributed by atoms with Crippen LogP contribution in [0.5, 0.6) is 0 Å². The molecule has 2 aromatic rings. The number of nitrogens with zero attached hydrogens (tertiary/aromatic N) is 3. The zero-order valence-corrected chi connectivity index (χ0v) is 14.1. The fourth-order valence-corrected chi connectivity index (χ4v) is 4.34. The van der Waals surface area contributed by atoms with Crippen molar-refractivity contribution in [1.29, 1.82) is 0 Å². The minimum Gasteiger partial charge on any atom is -0.355 e. The first-order valence-corrected chi connectivity index (χ1v) is 8.70. The van der Waals surface area contributed by atoms with Gasteiger partial charge in [0.25, 0.3) is 0 Å². The summed E-state index contributed by atoms with van der Waals surface area (Å²) in [5, 5.41) is 7.37. The molecule has 1 atom stereocenters. The highest BCUT2D eigenvalue weighted by molar-refractivity contribution is 5.86. The zero-order valence-electron chi connectivity index (χ0n) is 14.1. The van der Waals surface area contributed by atoms with Crippen molar-refractivity contribution in [3.63, 3.8) is 0 Å². The second-order valence-corrected chi connectivity index (χ2v) is 7.13. The van der Waals surface area contributed by atoms with Gasteiger partial charge in [-0.15, -0.1) is 0 Å². The van der Waals surface area contributed by atoms with Crippen LogP contribution >= 0.6 is 0 Å². The maximum atomic E-state index is 12.7. The Bertz CT molecular complexity index is 716. The van der Waals surface area contributed by atoms with E-state index in [0.717, 1.165) is 39.0 Å². The normalized spacial score (nSPS) is 23.5. The largest absolute Gasteiger partial charge is 0.355 e. The Morgan fingerprint density at radius 3 is 2.67 bits per heavy atom. The van der Waals surface area contributed by atoms with Gasteiger partial charge in [0.2, 0.25) is 5.91 Å². The van der Waals surface area contributed by atoms with Gasteiger partial charge >= 0.3 is 0 Å². The van der Waals surface area contributed by atoms with Crippen molar-refractivity contribution < 1.29 is 4.79 Å². The van der Waals surface area contributed by atoms with Gasteiger partial charge in [-0.1, -0.05) is 30.3 Å². The highest BCUT2D eigenvalue weighted by atomic mass is 16.2. The molecule has 0 bridgehead atoms. The van der Waals surface area contributed by atoms with E-state index in [-0.39, 0.29) is 11.3 Å². The molecule has 1 unspecified atom stereocenters. The molecule has 1 aromatic carbocycles. The Morgan fingerprint density at radius 2 is 2.00 bits per heavy atom. The predicted molar refractivity (Wildman–Crippen MR) is 92.3 cm³/mol. The molecule has 24 heavy (non-hydrogen) atoms. The topological polar surface area (TPSA) is 50.2 Å². The average Bonchev–Trinajstić information content (AvgIpc) is 3.15. The summed E-state index contributed by atoms with van der Waals surface area (Å²) in [7, 11) is 1.95. The molecule has 1 amide bonds. The van der Waals surface area contributed by atoms with E-state index in [0.29, 0.717) is 5.92 Å². The molecule has 0 aliphatic carbocycles. The molecule has 5 nitrogen and oxygen atoms in total. The molecule has 1 spiro atoms. The highest BCUT2D eigenvalue weighted by Crippen LogP contribution is 2.47. The van der Waals surface area contributed by atoms with Gasteiger partial charge in [-0.25, -0.2) is 0 Å². The van der Waals surface area contributed by atoms with Gasteiger partial charge in [-0.05, 0) is 31.5 Å². The first-order chi connectivity index (χ1) is 11.7. The summed E-state index contributed by atoms with van der Waals surface area (Å²) in [5.41, 5.74) is 2.30. The Labute approximate surface area is 142 Å². The van der Waals surface area contributed by atoms with Crippen LogP contribution in [-0.4, -0.2) is 40.2 Å². The molecule has 0 radical (unpaired) electrons. The van der Waals surface area contributed by atoms with Crippen molar-refractivity contribution in [2.75, 3.05) is 19.6 Å². The van der Waals surface area contributed by atoms with Gasteiger partial charge in [-0.3, -0.25) is 14.4 Å². The fraction of sp³-hybridized carbons (Fsp3) is 0.474. The van der Waals surface area contributed by atoms with E-state index in [9.17, 15) is 4.79 Å². The molecule has 2 aliphatic heterocycles. The lowest BCUT2D eigenvalue weighted by Gasteiger charge is -2.41. The lowest BCUT2D eigenvalue weighted by Crippen LogP contribution is -2.45. The number of aryl methyl sites for hydroxylation is 1. The quantitative estimate of drug-likeness (QED) is 0.938. The number of hydrogen-bond donors (Lipinski definition) is 1. The molecule has 126 valence electrons. The molecular weight excluding hydrogens is 300 g/mol. The van der Waals surface area contributed by atoms with Crippen molar-refractivity contribution in [1.82, 2.24) is 20.0 Å². The summed E-state index contributed by atoms with van der Waals surface area (Å²) >= 11 is 0. The van der Waals surface area contributed by atoms with E-state index in [1.165, 1.54) is 11.1 Å². The number of likely N-dealkylation sites (tertiary alicyclic amines) is 1. The first kappa shape index (κ1) is 15.4. The van der Waals surface area contributed by atoms with E-state index < -0.39 is 0 Å². The third-order valence-electron chi connectivity index (χ3n) is 5.70. The highest BCUT2D eigenvalue weighted by Gasteiger charge is 2.51. The van der Waals surface area contributed by atoms with Gasteiger partial charge in [-0.2, -0.15) is 5.10 Å². The van der Waals surface area contributed by atoms with Crippen LogP contribution in [0.15, 0.2) is 42.7 Å². The van der Waals surface area contributed by atoms with Crippen LogP contribution in [0.1, 0.15) is 29.9 Å². The standard InChI is InChI=1S/C19H24N4O/c1-22-13-15(11-21-22)14-23-9-7-19(8-10-23)17(12-20-18(19)24)16-5-3-2-4-6-16/h2-6,11,13,17H,7-10,12,14H2,1H3,(H,20,24). The maximum absolute atomic E-state index is 12.7. The third kappa shape index (κ3) is 2.63. The molecule has 0 saturated carbocycles. The van der Waals surface area contributed by atoms with Gasteiger partial charge in [0.1, 0.15) is 0 Å². The number of benzene rings is 1. The van der Waals surface area contributed by atoms with Crippen LogP contribution in [-0.2, 0) is 18.4 Å². The van der Waals surface area contributed by atoms with E-state index in [4.69, 9.17) is 0 Å². The average molecular weight is 324 g/mol. The van der Waals surface area contributed by atoms with Crippen molar-refractivity contribution in [2.24, 2.45) is 12.5 Å². The molecule has 3 heterocycles. The molecule has 4 rings (SSSR count). The van der Waals surface area contributed by atoms with Gasteiger partial charge in [0, 0.05) is 37.8 Å². The summed E-state index contributed by atoms with van der Waals surface area (Å²) in [5.74, 6) is 0.545. The minimum absolute atomic E-state index is 0.229. The minimum atomic E-state index is -0.229.